The largest absolute Gasteiger partial charge is 0.496 e. The van der Waals surface area contributed by atoms with Crippen LogP contribution in [0, 0.1) is 11.8 Å². The van der Waals surface area contributed by atoms with Gasteiger partial charge in [0.05, 0.1) is 24.6 Å². The number of hydrogen-bond acceptors (Lipinski definition) is 5. The Bertz CT molecular complexity index is 930. The molecular formula is C18H18FN3O4. The number of benzene rings is 1. The lowest BCUT2D eigenvalue weighted by Crippen LogP contribution is -2.39. The number of aromatic nitrogens is 1. The molecule has 2 heterocycles. The van der Waals surface area contributed by atoms with Crippen LogP contribution in [0.5, 0.6) is 11.6 Å². The van der Waals surface area contributed by atoms with Crippen molar-refractivity contribution in [3.05, 3.63) is 30.0 Å². The van der Waals surface area contributed by atoms with Crippen LogP contribution in [-0.4, -0.2) is 42.2 Å². The van der Waals surface area contributed by atoms with Crippen LogP contribution < -0.4 is 20.5 Å². The molecule has 1 aromatic heterocycles. The van der Waals surface area contributed by atoms with Crippen molar-refractivity contribution in [1.82, 2.24) is 10.3 Å². The molecular weight excluding hydrogens is 341 g/mol. The number of pyridine rings is 1. The summed E-state index contributed by atoms with van der Waals surface area (Å²) in [6.45, 7) is 1.55. The van der Waals surface area contributed by atoms with E-state index in [4.69, 9.17) is 15.2 Å². The van der Waals surface area contributed by atoms with Crippen molar-refractivity contribution >= 4 is 22.6 Å². The number of nitrogens with two attached hydrogens (primary N) is 1. The van der Waals surface area contributed by atoms with Crippen LogP contribution >= 0.6 is 0 Å². The molecule has 1 aliphatic heterocycles. The fraction of sp³-hybridized carbons (Fsp3) is 0.389. The molecule has 7 nitrogen and oxygen atoms in total. The SMILES string of the molecule is COc1cc2c(OC[C@H]3NC(=O)[C@H]4[C@@H]3C4(C)F)nccc2cc1C(N)=O. The summed E-state index contributed by atoms with van der Waals surface area (Å²) in [5, 5.41) is 4.10. The van der Waals surface area contributed by atoms with Gasteiger partial charge in [0, 0.05) is 17.5 Å². The third kappa shape index (κ3) is 2.36. The molecule has 0 radical (unpaired) electrons. The highest BCUT2D eigenvalue weighted by atomic mass is 19.1. The van der Waals surface area contributed by atoms with E-state index < -0.39 is 23.5 Å². The first-order valence-corrected chi connectivity index (χ1v) is 8.23. The highest BCUT2D eigenvalue weighted by Gasteiger charge is 2.73. The van der Waals surface area contributed by atoms with E-state index in [0.717, 1.165) is 0 Å². The van der Waals surface area contributed by atoms with E-state index in [2.05, 4.69) is 10.3 Å². The lowest BCUT2D eigenvalue weighted by Gasteiger charge is -2.18. The van der Waals surface area contributed by atoms with Crippen molar-refractivity contribution in [2.45, 2.75) is 18.6 Å². The number of carbonyl (C=O) groups is 2. The fourth-order valence-electron chi connectivity index (χ4n) is 3.89. The highest BCUT2D eigenvalue weighted by molar-refractivity contribution is 6.01. The Hall–Kier alpha value is -2.90. The molecule has 1 unspecified atom stereocenters. The van der Waals surface area contributed by atoms with Crippen molar-refractivity contribution in [3.8, 4) is 11.6 Å². The average molecular weight is 359 g/mol. The number of alkyl halides is 1. The summed E-state index contributed by atoms with van der Waals surface area (Å²) >= 11 is 0. The summed E-state index contributed by atoms with van der Waals surface area (Å²) in [6, 6.07) is 4.56. The van der Waals surface area contributed by atoms with E-state index in [1.165, 1.54) is 14.0 Å². The Morgan fingerprint density at radius 3 is 2.85 bits per heavy atom. The minimum atomic E-state index is -1.47. The van der Waals surface area contributed by atoms with Crippen LogP contribution in [0.4, 0.5) is 4.39 Å². The molecule has 4 atom stereocenters. The van der Waals surface area contributed by atoms with Gasteiger partial charge in [-0.05, 0) is 30.5 Å². The lowest BCUT2D eigenvalue weighted by molar-refractivity contribution is -0.122. The number of piperidine rings is 1. The van der Waals surface area contributed by atoms with Crippen LogP contribution in [0.2, 0.25) is 0 Å². The molecule has 0 bridgehead atoms. The molecule has 8 heteroatoms. The molecule has 1 aromatic carbocycles. The number of nitrogens with one attached hydrogen (secondary N) is 1. The first-order valence-electron chi connectivity index (χ1n) is 8.23. The van der Waals surface area contributed by atoms with E-state index >= 15 is 0 Å². The molecule has 1 aliphatic carbocycles. The van der Waals surface area contributed by atoms with Gasteiger partial charge in [-0.15, -0.1) is 0 Å². The third-order valence-electron chi connectivity index (χ3n) is 5.27. The average Bonchev–Trinajstić information content (AvgIpc) is 3.00. The molecule has 1 saturated heterocycles. The maximum absolute atomic E-state index is 14.2. The van der Waals surface area contributed by atoms with Crippen molar-refractivity contribution in [2.24, 2.45) is 17.6 Å². The molecule has 1 saturated carbocycles. The van der Waals surface area contributed by atoms with E-state index in [0.29, 0.717) is 22.4 Å². The van der Waals surface area contributed by atoms with Gasteiger partial charge in [0.15, 0.2) is 0 Å². The zero-order valence-electron chi connectivity index (χ0n) is 14.3. The van der Waals surface area contributed by atoms with Gasteiger partial charge in [-0.25, -0.2) is 9.37 Å². The van der Waals surface area contributed by atoms with Gasteiger partial charge in [-0.3, -0.25) is 9.59 Å². The fourth-order valence-corrected chi connectivity index (χ4v) is 3.89. The predicted molar refractivity (Wildman–Crippen MR) is 90.7 cm³/mol. The maximum atomic E-state index is 14.2. The quantitative estimate of drug-likeness (QED) is 0.835. The second kappa shape index (κ2) is 5.55. The Morgan fingerprint density at radius 1 is 1.46 bits per heavy atom. The number of carbonyl (C=O) groups excluding carboxylic acids is 2. The van der Waals surface area contributed by atoms with Gasteiger partial charge in [-0.1, -0.05) is 0 Å². The number of halogens is 1. The second-order valence-electron chi connectivity index (χ2n) is 6.83. The number of nitrogens with zero attached hydrogens (tertiary/aromatic N) is 1. The van der Waals surface area contributed by atoms with Crippen molar-refractivity contribution in [1.29, 1.82) is 0 Å². The van der Waals surface area contributed by atoms with E-state index in [9.17, 15) is 14.0 Å². The Balaban J connectivity index is 1.61. The number of primary amides is 1. The molecule has 3 N–H and O–H groups in total. The summed E-state index contributed by atoms with van der Waals surface area (Å²) in [5.41, 5.74) is 4.17. The molecule has 0 spiro atoms. The molecule has 2 aliphatic rings. The van der Waals surface area contributed by atoms with Gasteiger partial charge in [0.25, 0.3) is 5.91 Å². The Morgan fingerprint density at radius 2 is 2.23 bits per heavy atom. The predicted octanol–water partition coefficient (Wildman–Crippen LogP) is 1.19. The molecule has 2 amide bonds. The number of fused-ring (bicyclic) bond motifs is 2. The second-order valence-corrected chi connectivity index (χ2v) is 6.83. The highest BCUT2D eigenvalue weighted by Crippen LogP contribution is 2.58. The van der Waals surface area contributed by atoms with E-state index in [1.54, 1.807) is 24.4 Å². The smallest absolute Gasteiger partial charge is 0.252 e. The molecule has 136 valence electrons. The zero-order valence-corrected chi connectivity index (χ0v) is 14.3. The van der Waals surface area contributed by atoms with Crippen molar-refractivity contribution < 1.29 is 23.5 Å². The first kappa shape index (κ1) is 16.6. The van der Waals surface area contributed by atoms with Gasteiger partial charge >= 0.3 is 0 Å². The van der Waals surface area contributed by atoms with Crippen molar-refractivity contribution in [2.75, 3.05) is 13.7 Å². The number of methoxy groups -OCH3 is 1. The number of hydrogen-bond donors (Lipinski definition) is 2. The maximum Gasteiger partial charge on any atom is 0.252 e. The normalized spacial score (nSPS) is 29.2. The summed E-state index contributed by atoms with van der Waals surface area (Å²) in [7, 11) is 1.44. The van der Waals surface area contributed by atoms with Crippen LogP contribution in [0.1, 0.15) is 17.3 Å². The van der Waals surface area contributed by atoms with E-state index in [-0.39, 0.29) is 24.0 Å². The topological polar surface area (TPSA) is 104 Å². The van der Waals surface area contributed by atoms with Crippen LogP contribution in [0.3, 0.4) is 0 Å². The Labute approximate surface area is 148 Å². The molecule has 26 heavy (non-hydrogen) atoms. The molecule has 2 fully saturated rings. The third-order valence-corrected chi connectivity index (χ3v) is 5.27. The van der Waals surface area contributed by atoms with Crippen LogP contribution in [-0.2, 0) is 4.79 Å². The summed E-state index contributed by atoms with van der Waals surface area (Å²) in [5.74, 6) is -1.20. The summed E-state index contributed by atoms with van der Waals surface area (Å²) in [6.07, 6.45) is 1.54. The van der Waals surface area contributed by atoms with Crippen LogP contribution in [0.25, 0.3) is 10.8 Å². The summed E-state index contributed by atoms with van der Waals surface area (Å²) < 4.78 is 25.2. The summed E-state index contributed by atoms with van der Waals surface area (Å²) in [4.78, 5) is 27.5. The number of amides is 2. The molecule has 4 rings (SSSR count). The Kier molecular flexibility index (Phi) is 3.54. The first-order chi connectivity index (χ1) is 12.3. The minimum Gasteiger partial charge on any atom is -0.496 e. The monoisotopic (exact) mass is 359 g/mol. The molecule has 2 aromatic rings. The van der Waals surface area contributed by atoms with Gasteiger partial charge in [0.2, 0.25) is 11.8 Å². The van der Waals surface area contributed by atoms with Gasteiger partial charge in [0.1, 0.15) is 18.0 Å². The number of ether oxygens (including phenoxy) is 2. The van der Waals surface area contributed by atoms with Gasteiger partial charge < -0.3 is 20.5 Å². The van der Waals surface area contributed by atoms with E-state index in [1.807, 2.05) is 0 Å². The van der Waals surface area contributed by atoms with Gasteiger partial charge in [-0.2, -0.15) is 0 Å². The van der Waals surface area contributed by atoms with Crippen LogP contribution in [0.15, 0.2) is 24.4 Å². The minimum absolute atomic E-state index is 0.110. The zero-order chi connectivity index (χ0) is 18.6. The standard InChI is InChI=1S/C18H18FN3O4/c1-18(19)13-11(22-16(24)14(13)18)7-26-17-9-6-12(25-2)10(15(20)23)5-8(9)3-4-21-17/h3-6,11,13-14H,7H2,1-2H3,(H2,20,23)(H,22,24)/t11-,13-,14-,18?/m1/s1. The number of rotatable bonds is 5. The van der Waals surface area contributed by atoms with Crippen molar-refractivity contribution in [3.63, 3.8) is 0 Å². The lowest BCUT2D eigenvalue weighted by atomic mass is 10.1.